The highest BCUT2D eigenvalue weighted by molar-refractivity contribution is 5.93. The van der Waals surface area contributed by atoms with Gasteiger partial charge in [0.15, 0.2) is 0 Å². The summed E-state index contributed by atoms with van der Waals surface area (Å²) in [5.41, 5.74) is 0.548. The Labute approximate surface area is 88.8 Å². The quantitative estimate of drug-likeness (QED) is 0.636. The summed E-state index contributed by atoms with van der Waals surface area (Å²) in [6, 6.07) is 1.63. The van der Waals surface area contributed by atoms with Gasteiger partial charge in [0.2, 0.25) is 0 Å². The molecule has 2 N–H and O–H groups in total. The van der Waals surface area contributed by atoms with Crippen LogP contribution < -0.4 is 10.6 Å². The van der Waals surface area contributed by atoms with Gasteiger partial charge in [0.05, 0.1) is 18.4 Å². The van der Waals surface area contributed by atoms with Crippen molar-refractivity contribution in [2.24, 2.45) is 0 Å². The maximum Gasteiger partial charge on any atom is 0.254 e. The maximum absolute atomic E-state index is 11.4. The Morgan fingerprint density at radius 3 is 3.00 bits per heavy atom. The van der Waals surface area contributed by atoms with Crippen LogP contribution in [-0.2, 0) is 4.74 Å². The van der Waals surface area contributed by atoms with Gasteiger partial charge in [-0.1, -0.05) is 0 Å². The predicted molar refractivity (Wildman–Crippen MR) is 55.8 cm³/mol. The van der Waals surface area contributed by atoms with Crippen molar-refractivity contribution in [2.75, 3.05) is 33.4 Å². The second-order valence-corrected chi connectivity index (χ2v) is 3.01. The number of ether oxygens (including phenoxy) is 1. The van der Waals surface area contributed by atoms with Crippen LogP contribution in [0.15, 0.2) is 23.0 Å². The maximum atomic E-state index is 11.4. The van der Waals surface area contributed by atoms with Crippen molar-refractivity contribution in [1.29, 1.82) is 0 Å². The molecule has 0 aliphatic carbocycles. The first-order valence-electron chi connectivity index (χ1n) is 4.84. The molecule has 0 bridgehead atoms. The molecular formula is C10H16N2O3. The third kappa shape index (κ3) is 4.62. The van der Waals surface area contributed by atoms with Gasteiger partial charge in [0.1, 0.15) is 6.26 Å². The van der Waals surface area contributed by atoms with Crippen LogP contribution in [0.3, 0.4) is 0 Å². The van der Waals surface area contributed by atoms with Crippen LogP contribution in [0.25, 0.3) is 0 Å². The molecule has 0 radical (unpaired) electrons. The van der Waals surface area contributed by atoms with Crippen molar-refractivity contribution >= 4 is 5.91 Å². The molecule has 0 saturated carbocycles. The Bertz CT molecular complexity index is 272. The molecule has 1 aromatic rings. The number of rotatable bonds is 7. The van der Waals surface area contributed by atoms with Crippen molar-refractivity contribution in [3.63, 3.8) is 0 Å². The van der Waals surface area contributed by atoms with Crippen molar-refractivity contribution in [2.45, 2.75) is 0 Å². The molecule has 5 heteroatoms. The van der Waals surface area contributed by atoms with Crippen molar-refractivity contribution in [3.05, 3.63) is 24.2 Å². The first kappa shape index (κ1) is 11.7. The normalized spacial score (nSPS) is 10.2. The van der Waals surface area contributed by atoms with E-state index in [0.717, 1.165) is 13.1 Å². The molecule has 0 aromatic carbocycles. The van der Waals surface area contributed by atoms with Crippen molar-refractivity contribution in [1.82, 2.24) is 10.6 Å². The topological polar surface area (TPSA) is 63.5 Å². The van der Waals surface area contributed by atoms with Gasteiger partial charge < -0.3 is 19.8 Å². The average Bonchev–Trinajstić information content (AvgIpc) is 2.76. The number of carbonyl (C=O) groups is 1. The molecule has 0 fully saturated rings. The molecule has 15 heavy (non-hydrogen) atoms. The number of nitrogens with one attached hydrogen (secondary N) is 2. The molecule has 1 heterocycles. The summed E-state index contributed by atoms with van der Waals surface area (Å²) in [6.07, 6.45) is 2.90. The second-order valence-electron chi connectivity index (χ2n) is 3.01. The lowest BCUT2D eigenvalue weighted by atomic mass is 10.3. The van der Waals surface area contributed by atoms with Crippen LogP contribution in [0, 0.1) is 0 Å². The van der Waals surface area contributed by atoms with Gasteiger partial charge in [-0.05, 0) is 6.07 Å². The van der Waals surface area contributed by atoms with Crippen LogP contribution >= 0.6 is 0 Å². The lowest BCUT2D eigenvalue weighted by Gasteiger charge is -2.04. The largest absolute Gasteiger partial charge is 0.472 e. The fourth-order valence-electron chi connectivity index (χ4n) is 1.06. The minimum Gasteiger partial charge on any atom is -0.472 e. The zero-order valence-electron chi connectivity index (χ0n) is 8.79. The van der Waals surface area contributed by atoms with Gasteiger partial charge in [-0.2, -0.15) is 0 Å². The van der Waals surface area contributed by atoms with E-state index in [1.54, 1.807) is 13.2 Å². The summed E-state index contributed by atoms with van der Waals surface area (Å²) in [7, 11) is 1.66. The SMILES string of the molecule is COCCNCCNC(=O)c1ccoc1. The van der Waals surface area contributed by atoms with Gasteiger partial charge in [0.25, 0.3) is 5.91 Å². The minimum absolute atomic E-state index is 0.114. The summed E-state index contributed by atoms with van der Waals surface area (Å²) < 4.78 is 9.67. The smallest absolute Gasteiger partial charge is 0.254 e. The zero-order valence-corrected chi connectivity index (χ0v) is 8.79. The number of methoxy groups -OCH3 is 1. The molecule has 1 rings (SSSR count). The Hall–Kier alpha value is -1.33. The number of amides is 1. The Morgan fingerprint density at radius 1 is 1.47 bits per heavy atom. The molecule has 0 aliphatic rings. The van der Waals surface area contributed by atoms with Crippen molar-refractivity contribution < 1.29 is 13.9 Å². The van der Waals surface area contributed by atoms with Gasteiger partial charge in [-0.25, -0.2) is 0 Å². The Morgan fingerprint density at radius 2 is 2.33 bits per heavy atom. The summed E-state index contributed by atoms with van der Waals surface area (Å²) in [6.45, 7) is 2.79. The fourth-order valence-corrected chi connectivity index (χ4v) is 1.06. The summed E-state index contributed by atoms with van der Waals surface area (Å²) in [4.78, 5) is 11.4. The first-order chi connectivity index (χ1) is 7.34. The Balaban J connectivity index is 2.03. The molecule has 1 amide bonds. The number of hydrogen-bond acceptors (Lipinski definition) is 4. The van der Waals surface area contributed by atoms with E-state index in [1.165, 1.54) is 12.5 Å². The van der Waals surface area contributed by atoms with Gasteiger partial charge in [-0.15, -0.1) is 0 Å². The van der Waals surface area contributed by atoms with E-state index in [1.807, 2.05) is 0 Å². The zero-order chi connectivity index (χ0) is 10.9. The Kier molecular flexibility index (Phi) is 5.50. The second kappa shape index (κ2) is 7.03. The van der Waals surface area contributed by atoms with Crippen LogP contribution in [-0.4, -0.2) is 39.3 Å². The van der Waals surface area contributed by atoms with E-state index in [9.17, 15) is 4.79 Å². The molecular weight excluding hydrogens is 196 g/mol. The molecule has 5 nitrogen and oxygen atoms in total. The fraction of sp³-hybridized carbons (Fsp3) is 0.500. The highest BCUT2D eigenvalue weighted by Crippen LogP contribution is 1.98. The van der Waals surface area contributed by atoms with Crippen LogP contribution in [0.4, 0.5) is 0 Å². The van der Waals surface area contributed by atoms with E-state index >= 15 is 0 Å². The summed E-state index contributed by atoms with van der Waals surface area (Å²) >= 11 is 0. The molecule has 0 aliphatic heterocycles. The number of hydrogen-bond donors (Lipinski definition) is 2. The lowest BCUT2D eigenvalue weighted by molar-refractivity contribution is 0.0953. The predicted octanol–water partition coefficient (Wildman–Crippen LogP) is 0.245. The van der Waals surface area contributed by atoms with Crippen LogP contribution in [0.2, 0.25) is 0 Å². The molecule has 0 atom stereocenters. The van der Waals surface area contributed by atoms with Gasteiger partial charge in [-0.3, -0.25) is 4.79 Å². The lowest BCUT2D eigenvalue weighted by Crippen LogP contribution is -2.32. The average molecular weight is 212 g/mol. The number of furan rings is 1. The third-order valence-corrected chi connectivity index (χ3v) is 1.85. The molecule has 1 aromatic heterocycles. The van der Waals surface area contributed by atoms with E-state index < -0.39 is 0 Å². The standard InChI is InChI=1S/C10H16N2O3/c1-14-7-5-11-3-4-12-10(13)9-2-6-15-8-9/h2,6,8,11H,3-5,7H2,1H3,(H,12,13). The van der Waals surface area contributed by atoms with Crippen LogP contribution in [0.5, 0.6) is 0 Å². The summed E-state index contributed by atoms with van der Waals surface area (Å²) in [5.74, 6) is -0.114. The molecule has 0 saturated heterocycles. The third-order valence-electron chi connectivity index (χ3n) is 1.85. The highest BCUT2D eigenvalue weighted by Gasteiger charge is 2.04. The van der Waals surface area contributed by atoms with E-state index in [-0.39, 0.29) is 5.91 Å². The molecule has 0 spiro atoms. The van der Waals surface area contributed by atoms with Gasteiger partial charge in [0, 0.05) is 26.7 Å². The van der Waals surface area contributed by atoms with Crippen LogP contribution in [0.1, 0.15) is 10.4 Å². The minimum atomic E-state index is -0.114. The molecule has 0 unspecified atom stereocenters. The monoisotopic (exact) mass is 212 g/mol. The highest BCUT2D eigenvalue weighted by atomic mass is 16.5. The van der Waals surface area contributed by atoms with E-state index in [4.69, 9.17) is 9.15 Å². The summed E-state index contributed by atoms with van der Waals surface area (Å²) in [5, 5.41) is 5.88. The molecule has 84 valence electrons. The number of carbonyl (C=O) groups excluding carboxylic acids is 1. The van der Waals surface area contributed by atoms with Crippen molar-refractivity contribution in [3.8, 4) is 0 Å². The van der Waals surface area contributed by atoms with Gasteiger partial charge >= 0.3 is 0 Å². The van der Waals surface area contributed by atoms with E-state index in [0.29, 0.717) is 18.7 Å². The van der Waals surface area contributed by atoms with E-state index in [2.05, 4.69) is 10.6 Å². The first-order valence-corrected chi connectivity index (χ1v) is 4.84.